The van der Waals surface area contributed by atoms with Crippen molar-refractivity contribution in [3.8, 4) is 0 Å². The Morgan fingerprint density at radius 1 is 1.50 bits per heavy atom. The van der Waals surface area contributed by atoms with Gasteiger partial charge in [-0.15, -0.1) is 0 Å². The van der Waals surface area contributed by atoms with Crippen LogP contribution in [0.25, 0.3) is 11.0 Å². The van der Waals surface area contributed by atoms with Crippen LogP contribution in [0.1, 0.15) is 18.9 Å². The van der Waals surface area contributed by atoms with Crippen LogP contribution in [0.2, 0.25) is 0 Å². The predicted molar refractivity (Wildman–Crippen MR) is 63.1 cm³/mol. The Hall–Kier alpha value is -1.84. The fourth-order valence-electron chi connectivity index (χ4n) is 1.61. The highest BCUT2D eigenvalue weighted by Crippen LogP contribution is 2.11. The molecule has 1 aromatic carbocycles. The summed E-state index contributed by atoms with van der Waals surface area (Å²) in [5.74, 6) is 0.0701. The number of imidazole rings is 1. The number of carbonyl (C=O) groups excluding carboxylic acids is 1. The van der Waals surface area contributed by atoms with E-state index in [1.807, 2.05) is 25.1 Å². The number of amides is 1. The zero-order valence-electron chi connectivity index (χ0n) is 9.29. The number of rotatable bonds is 4. The highest BCUT2D eigenvalue weighted by atomic mass is 16.1. The van der Waals surface area contributed by atoms with Crippen LogP contribution in [0.3, 0.4) is 0 Å². The van der Waals surface area contributed by atoms with E-state index in [4.69, 9.17) is 0 Å². The second-order valence-corrected chi connectivity index (χ2v) is 3.78. The molecule has 2 rings (SSSR count). The Morgan fingerprint density at radius 3 is 3.19 bits per heavy atom. The number of benzene rings is 1. The van der Waals surface area contributed by atoms with Crippen LogP contribution >= 0.6 is 0 Å². The molecule has 0 unspecified atom stereocenters. The lowest BCUT2D eigenvalue weighted by Crippen LogP contribution is -2.25. The molecular weight excluding hydrogens is 202 g/mol. The molecule has 4 nitrogen and oxygen atoms in total. The van der Waals surface area contributed by atoms with Gasteiger partial charge in [-0.1, -0.05) is 13.0 Å². The summed E-state index contributed by atoms with van der Waals surface area (Å²) in [5.41, 5.74) is 2.91. The average molecular weight is 217 g/mol. The Bertz CT molecular complexity index is 490. The van der Waals surface area contributed by atoms with Crippen LogP contribution in [0, 0.1) is 0 Å². The van der Waals surface area contributed by atoms with E-state index in [0.717, 1.165) is 29.6 Å². The Labute approximate surface area is 94.1 Å². The molecule has 0 saturated carbocycles. The molecule has 0 aliphatic heterocycles. The first-order valence-corrected chi connectivity index (χ1v) is 5.48. The summed E-state index contributed by atoms with van der Waals surface area (Å²) in [4.78, 5) is 18.7. The lowest BCUT2D eigenvalue weighted by Gasteiger charge is -2.03. The van der Waals surface area contributed by atoms with Gasteiger partial charge >= 0.3 is 0 Å². The van der Waals surface area contributed by atoms with Crippen molar-refractivity contribution in [1.82, 2.24) is 15.3 Å². The van der Waals surface area contributed by atoms with Gasteiger partial charge in [-0.25, -0.2) is 4.98 Å². The molecule has 16 heavy (non-hydrogen) atoms. The van der Waals surface area contributed by atoms with E-state index < -0.39 is 0 Å². The van der Waals surface area contributed by atoms with E-state index in [-0.39, 0.29) is 5.91 Å². The lowest BCUT2D eigenvalue weighted by atomic mass is 10.1. The summed E-state index contributed by atoms with van der Waals surface area (Å²) in [6, 6.07) is 5.83. The minimum absolute atomic E-state index is 0.0701. The van der Waals surface area contributed by atoms with Crippen LogP contribution in [0.5, 0.6) is 0 Å². The van der Waals surface area contributed by atoms with E-state index in [1.165, 1.54) is 0 Å². The fourth-order valence-corrected chi connectivity index (χ4v) is 1.61. The maximum Gasteiger partial charge on any atom is 0.224 e. The van der Waals surface area contributed by atoms with Gasteiger partial charge < -0.3 is 10.3 Å². The molecule has 2 aromatic rings. The van der Waals surface area contributed by atoms with Crippen molar-refractivity contribution in [2.75, 3.05) is 6.54 Å². The third-order valence-corrected chi connectivity index (χ3v) is 2.42. The number of aromatic nitrogens is 2. The minimum atomic E-state index is 0.0701. The van der Waals surface area contributed by atoms with Crippen molar-refractivity contribution in [3.05, 3.63) is 30.1 Å². The molecule has 2 N–H and O–H groups in total. The summed E-state index contributed by atoms with van der Waals surface area (Å²) in [6.07, 6.45) is 3.05. The number of carbonyl (C=O) groups is 1. The summed E-state index contributed by atoms with van der Waals surface area (Å²) >= 11 is 0. The fraction of sp³-hybridized carbons (Fsp3) is 0.333. The van der Waals surface area contributed by atoms with Gasteiger partial charge in [-0.05, 0) is 24.1 Å². The van der Waals surface area contributed by atoms with Crippen molar-refractivity contribution < 1.29 is 4.79 Å². The molecular formula is C12H15N3O. The monoisotopic (exact) mass is 217 g/mol. The first-order valence-electron chi connectivity index (χ1n) is 5.48. The Kier molecular flexibility index (Phi) is 3.19. The molecule has 0 fully saturated rings. The highest BCUT2D eigenvalue weighted by Gasteiger charge is 2.03. The van der Waals surface area contributed by atoms with Gasteiger partial charge in [0.2, 0.25) is 5.91 Å². The predicted octanol–water partition coefficient (Wildman–Crippen LogP) is 1.63. The molecule has 1 heterocycles. The first-order chi connectivity index (χ1) is 7.79. The maximum absolute atomic E-state index is 11.5. The molecule has 0 saturated heterocycles. The van der Waals surface area contributed by atoms with Gasteiger partial charge in [0.05, 0.1) is 23.8 Å². The molecule has 1 amide bonds. The van der Waals surface area contributed by atoms with E-state index in [1.54, 1.807) is 6.33 Å². The summed E-state index contributed by atoms with van der Waals surface area (Å²) in [5, 5.41) is 2.86. The largest absolute Gasteiger partial charge is 0.356 e. The standard InChI is InChI=1S/C12H15N3O/c1-2-5-13-12(16)7-9-3-4-10-11(6-9)15-8-14-10/h3-4,6,8H,2,5,7H2,1H3,(H,13,16)(H,14,15). The Balaban J connectivity index is 2.06. The van der Waals surface area contributed by atoms with Gasteiger partial charge in [-0.3, -0.25) is 4.79 Å². The molecule has 84 valence electrons. The number of fused-ring (bicyclic) bond motifs is 1. The van der Waals surface area contributed by atoms with Gasteiger partial charge in [0.25, 0.3) is 0 Å². The van der Waals surface area contributed by atoms with Crippen molar-refractivity contribution in [1.29, 1.82) is 0 Å². The van der Waals surface area contributed by atoms with Crippen molar-refractivity contribution in [3.63, 3.8) is 0 Å². The van der Waals surface area contributed by atoms with E-state index in [2.05, 4.69) is 15.3 Å². The third-order valence-electron chi connectivity index (χ3n) is 2.42. The number of hydrogen-bond donors (Lipinski definition) is 2. The topological polar surface area (TPSA) is 57.8 Å². The van der Waals surface area contributed by atoms with Crippen LogP contribution in [0.4, 0.5) is 0 Å². The molecule has 0 atom stereocenters. The maximum atomic E-state index is 11.5. The molecule has 0 radical (unpaired) electrons. The zero-order chi connectivity index (χ0) is 11.4. The molecule has 4 heteroatoms. The van der Waals surface area contributed by atoms with Crippen LogP contribution in [-0.4, -0.2) is 22.4 Å². The molecule has 0 aliphatic rings. The van der Waals surface area contributed by atoms with E-state index in [9.17, 15) is 4.79 Å². The quantitative estimate of drug-likeness (QED) is 0.817. The van der Waals surface area contributed by atoms with Gasteiger partial charge in [-0.2, -0.15) is 0 Å². The van der Waals surface area contributed by atoms with Crippen LogP contribution in [-0.2, 0) is 11.2 Å². The highest BCUT2D eigenvalue weighted by molar-refractivity contribution is 5.81. The number of hydrogen-bond acceptors (Lipinski definition) is 2. The van der Waals surface area contributed by atoms with Crippen molar-refractivity contribution >= 4 is 16.9 Å². The number of nitrogens with one attached hydrogen (secondary N) is 2. The SMILES string of the molecule is CCCNC(=O)Cc1ccc2nc[nH]c2c1. The Morgan fingerprint density at radius 2 is 2.38 bits per heavy atom. The van der Waals surface area contributed by atoms with Gasteiger partial charge in [0, 0.05) is 6.54 Å². The minimum Gasteiger partial charge on any atom is -0.356 e. The second-order valence-electron chi connectivity index (χ2n) is 3.78. The van der Waals surface area contributed by atoms with Crippen LogP contribution in [0.15, 0.2) is 24.5 Å². The molecule has 0 bridgehead atoms. The summed E-state index contributed by atoms with van der Waals surface area (Å²) < 4.78 is 0. The number of aromatic amines is 1. The second kappa shape index (κ2) is 4.79. The molecule has 0 aliphatic carbocycles. The van der Waals surface area contributed by atoms with Crippen molar-refractivity contribution in [2.45, 2.75) is 19.8 Å². The van der Waals surface area contributed by atoms with Gasteiger partial charge in [0.1, 0.15) is 0 Å². The third kappa shape index (κ3) is 2.39. The van der Waals surface area contributed by atoms with Gasteiger partial charge in [0.15, 0.2) is 0 Å². The smallest absolute Gasteiger partial charge is 0.224 e. The molecule has 1 aromatic heterocycles. The average Bonchev–Trinajstić information content (AvgIpc) is 2.73. The van der Waals surface area contributed by atoms with E-state index >= 15 is 0 Å². The number of H-pyrrole nitrogens is 1. The van der Waals surface area contributed by atoms with E-state index in [0.29, 0.717) is 6.42 Å². The number of nitrogens with zero attached hydrogens (tertiary/aromatic N) is 1. The van der Waals surface area contributed by atoms with Crippen molar-refractivity contribution in [2.24, 2.45) is 0 Å². The lowest BCUT2D eigenvalue weighted by molar-refractivity contribution is -0.120. The van der Waals surface area contributed by atoms with Crippen LogP contribution < -0.4 is 5.32 Å². The molecule has 0 spiro atoms. The zero-order valence-corrected chi connectivity index (χ0v) is 9.29. The summed E-state index contributed by atoms with van der Waals surface area (Å²) in [7, 11) is 0. The normalized spacial score (nSPS) is 10.6. The first kappa shape index (κ1) is 10.7. The summed E-state index contributed by atoms with van der Waals surface area (Å²) in [6.45, 7) is 2.78.